The Bertz CT molecular complexity index is 72.5. The van der Waals surface area contributed by atoms with E-state index in [9.17, 15) is 5.11 Å². The lowest BCUT2D eigenvalue weighted by atomic mass is 10.00. The standard InChI is InChI=1S/C7H13O/c1-2-7(8)5-3-4-6-7/h8H,1-6H2/q+1. The fourth-order valence-electron chi connectivity index (χ4n) is 1.28. The second-order valence-corrected chi connectivity index (χ2v) is 2.68. The van der Waals surface area contributed by atoms with Crippen LogP contribution in [0.3, 0.4) is 0 Å². The fraction of sp³-hybridized carbons (Fsp3) is 0.857. The molecule has 46 valence electrons. The molecular formula is C7H13O+. The van der Waals surface area contributed by atoms with E-state index in [0.29, 0.717) is 6.42 Å². The first kappa shape index (κ1) is 5.96. The van der Waals surface area contributed by atoms with Crippen molar-refractivity contribution in [3.63, 3.8) is 0 Å². The maximum absolute atomic E-state index is 9.44. The first-order valence-corrected chi connectivity index (χ1v) is 3.28. The van der Waals surface area contributed by atoms with Gasteiger partial charge in [0, 0.05) is 0 Å². The molecule has 1 heteroatoms. The van der Waals surface area contributed by atoms with Crippen LogP contribution in [0.2, 0.25) is 0 Å². The molecule has 1 fully saturated rings. The van der Waals surface area contributed by atoms with Gasteiger partial charge in [-0.05, 0) is 12.8 Å². The van der Waals surface area contributed by atoms with E-state index in [1.807, 2.05) is 0 Å². The van der Waals surface area contributed by atoms with E-state index in [0.717, 1.165) is 12.8 Å². The second-order valence-electron chi connectivity index (χ2n) is 2.68. The van der Waals surface area contributed by atoms with Crippen molar-refractivity contribution in [2.24, 2.45) is 0 Å². The molecule has 1 saturated carbocycles. The molecule has 1 aliphatic rings. The van der Waals surface area contributed by atoms with Crippen molar-refractivity contribution < 1.29 is 5.11 Å². The maximum Gasteiger partial charge on any atom is 0.114 e. The van der Waals surface area contributed by atoms with Crippen LogP contribution < -0.4 is 0 Å². The summed E-state index contributed by atoms with van der Waals surface area (Å²) in [6.07, 6.45) is 5.00. The zero-order valence-electron chi connectivity index (χ0n) is 5.19. The summed E-state index contributed by atoms with van der Waals surface area (Å²) >= 11 is 0. The van der Waals surface area contributed by atoms with Crippen molar-refractivity contribution in [2.45, 2.75) is 37.7 Å². The molecule has 0 atom stereocenters. The van der Waals surface area contributed by atoms with Crippen LogP contribution in [0.4, 0.5) is 0 Å². The summed E-state index contributed by atoms with van der Waals surface area (Å²) in [4.78, 5) is 0. The van der Waals surface area contributed by atoms with Crippen LogP contribution in [0.25, 0.3) is 0 Å². The Kier molecular flexibility index (Phi) is 1.47. The van der Waals surface area contributed by atoms with Crippen LogP contribution in [0.5, 0.6) is 0 Å². The summed E-state index contributed by atoms with van der Waals surface area (Å²) in [5.74, 6) is 0. The second kappa shape index (κ2) is 1.98. The molecule has 0 aromatic carbocycles. The molecule has 0 aromatic heterocycles. The molecule has 0 heterocycles. The van der Waals surface area contributed by atoms with E-state index < -0.39 is 0 Å². The first-order valence-electron chi connectivity index (χ1n) is 3.28. The van der Waals surface area contributed by atoms with Crippen LogP contribution in [0, 0.1) is 6.92 Å². The smallest absolute Gasteiger partial charge is 0.114 e. The Hall–Kier alpha value is -0.170. The molecule has 0 aliphatic heterocycles. The molecule has 1 aliphatic carbocycles. The Labute approximate surface area is 50.7 Å². The summed E-state index contributed by atoms with van der Waals surface area (Å²) in [5, 5.41) is 9.44. The van der Waals surface area contributed by atoms with Gasteiger partial charge < -0.3 is 5.11 Å². The zero-order valence-corrected chi connectivity index (χ0v) is 5.19. The molecule has 0 saturated heterocycles. The van der Waals surface area contributed by atoms with Crippen LogP contribution in [-0.4, -0.2) is 10.7 Å². The normalized spacial score (nSPS) is 26.1. The molecule has 0 spiro atoms. The Morgan fingerprint density at radius 2 is 1.88 bits per heavy atom. The average molecular weight is 113 g/mol. The van der Waals surface area contributed by atoms with Gasteiger partial charge in [-0.2, -0.15) is 0 Å². The topological polar surface area (TPSA) is 20.2 Å². The molecular weight excluding hydrogens is 100 g/mol. The Balaban J connectivity index is 2.40. The van der Waals surface area contributed by atoms with E-state index in [4.69, 9.17) is 0 Å². The summed E-state index contributed by atoms with van der Waals surface area (Å²) in [6.45, 7) is 3.69. The number of hydrogen-bond donors (Lipinski definition) is 1. The third kappa shape index (κ3) is 0.972. The molecule has 0 bridgehead atoms. The Morgan fingerprint density at radius 3 is 2.12 bits per heavy atom. The molecule has 8 heavy (non-hydrogen) atoms. The van der Waals surface area contributed by atoms with Crippen LogP contribution in [0.15, 0.2) is 0 Å². The highest BCUT2D eigenvalue weighted by Gasteiger charge is 2.31. The molecule has 0 radical (unpaired) electrons. The summed E-state index contributed by atoms with van der Waals surface area (Å²) < 4.78 is 0. The third-order valence-electron chi connectivity index (χ3n) is 2.00. The summed E-state index contributed by atoms with van der Waals surface area (Å²) in [6, 6.07) is 0. The van der Waals surface area contributed by atoms with Gasteiger partial charge in [-0.25, -0.2) is 0 Å². The van der Waals surface area contributed by atoms with Gasteiger partial charge >= 0.3 is 0 Å². The number of hydrogen-bond acceptors (Lipinski definition) is 1. The average Bonchev–Trinajstić information content (AvgIpc) is 2.17. The van der Waals surface area contributed by atoms with Crippen molar-refractivity contribution in [2.75, 3.05) is 0 Å². The predicted molar refractivity (Wildman–Crippen MR) is 33.4 cm³/mol. The lowest BCUT2D eigenvalue weighted by Crippen LogP contribution is -2.21. The molecule has 0 unspecified atom stereocenters. The number of aliphatic hydroxyl groups is 1. The fourth-order valence-corrected chi connectivity index (χ4v) is 1.28. The largest absolute Gasteiger partial charge is 0.385 e. The van der Waals surface area contributed by atoms with Gasteiger partial charge in [0.15, 0.2) is 0 Å². The van der Waals surface area contributed by atoms with Crippen LogP contribution in [0.1, 0.15) is 32.1 Å². The highest BCUT2D eigenvalue weighted by atomic mass is 16.3. The number of rotatable bonds is 1. The summed E-state index contributed by atoms with van der Waals surface area (Å²) in [5.41, 5.74) is -0.375. The highest BCUT2D eigenvalue weighted by molar-refractivity contribution is 4.84. The predicted octanol–water partition coefficient (Wildman–Crippen LogP) is 1.52. The zero-order chi connectivity index (χ0) is 6.04. The van der Waals surface area contributed by atoms with Gasteiger partial charge in [0.05, 0.1) is 6.92 Å². The molecule has 0 amide bonds. The molecule has 1 N–H and O–H groups in total. The Morgan fingerprint density at radius 1 is 1.38 bits per heavy atom. The molecule has 1 rings (SSSR count). The van der Waals surface area contributed by atoms with Crippen LogP contribution in [-0.2, 0) is 0 Å². The van der Waals surface area contributed by atoms with Gasteiger partial charge in [-0.3, -0.25) is 0 Å². The van der Waals surface area contributed by atoms with E-state index in [1.54, 1.807) is 0 Å². The quantitative estimate of drug-likeness (QED) is 0.511. The van der Waals surface area contributed by atoms with Crippen molar-refractivity contribution in [1.82, 2.24) is 0 Å². The van der Waals surface area contributed by atoms with Gasteiger partial charge in [0.1, 0.15) is 12.0 Å². The lowest BCUT2D eigenvalue weighted by Gasteiger charge is -2.14. The van der Waals surface area contributed by atoms with Gasteiger partial charge in [0.2, 0.25) is 0 Å². The van der Waals surface area contributed by atoms with Crippen molar-refractivity contribution in [3.8, 4) is 0 Å². The maximum atomic E-state index is 9.44. The van der Waals surface area contributed by atoms with E-state index in [2.05, 4.69) is 6.92 Å². The first-order chi connectivity index (χ1) is 3.77. The van der Waals surface area contributed by atoms with Gasteiger partial charge in [-0.1, -0.05) is 12.8 Å². The van der Waals surface area contributed by atoms with E-state index in [1.165, 1.54) is 12.8 Å². The van der Waals surface area contributed by atoms with Crippen molar-refractivity contribution in [3.05, 3.63) is 6.92 Å². The van der Waals surface area contributed by atoms with E-state index in [-0.39, 0.29) is 5.60 Å². The van der Waals surface area contributed by atoms with Crippen LogP contribution >= 0.6 is 0 Å². The minimum Gasteiger partial charge on any atom is -0.385 e. The third-order valence-corrected chi connectivity index (χ3v) is 2.00. The monoisotopic (exact) mass is 113 g/mol. The minimum absolute atomic E-state index is 0.375. The lowest BCUT2D eigenvalue weighted by molar-refractivity contribution is 0.0502. The highest BCUT2D eigenvalue weighted by Crippen LogP contribution is 2.31. The van der Waals surface area contributed by atoms with Crippen molar-refractivity contribution in [1.29, 1.82) is 0 Å². The SMILES string of the molecule is [CH2+]CC1(O)CCCC1. The molecule has 1 nitrogen and oxygen atoms in total. The van der Waals surface area contributed by atoms with Gasteiger partial charge in [-0.15, -0.1) is 0 Å². The molecule has 0 aromatic rings. The summed E-state index contributed by atoms with van der Waals surface area (Å²) in [7, 11) is 0. The van der Waals surface area contributed by atoms with Gasteiger partial charge in [0.25, 0.3) is 0 Å². The van der Waals surface area contributed by atoms with E-state index >= 15 is 0 Å². The minimum atomic E-state index is -0.375. The van der Waals surface area contributed by atoms with Crippen molar-refractivity contribution >= 4 is 0 Å².